The van der Waals surface area contributed by atoms with Gasteiger partial charge in [0, 0.05) is 11.3 Å². The number of halogens is 1. The lowest BCUT2D eigenvalue weighted by Gasteiger charge is -2.16. The molecule has 0 aliphatic heterocycles. The van der Waals surface area contributed by atoms with Crippen molar-refractivity contribution in [1.82, 2.24) is 0 Å². The molecule has 114 valence electrons. The Kier molecular flexibility index (Phi) is 5.18. The molecule has 2 aromatic rings. The number of hydrogen-bond donors (Lipinski definition) is 1. The minimum atomic E-state index is 0.154. The summed E-state index contributed by atoms with van der Waals surface area (Å²) in [4.78, 5) is 0. The van der Waals surface area contributed by atoms with Gasteiger partial charge < -0.3 is 14.5 Å². The Bertz CT molecular complexity index is 607. The van der Waals surface area contributed by atoms with E-state index in [-0.39, 0.29) is 6.04 Å². The molecule has 0 radical (unpaired) electrons. The lowest BCUT2D eigenvalue weighted by atomic mass is 10.1. The molecule has 0 fully saturated rings. The first-order chi connectivity index (χ1) is 10.0. The summed E-state index contributed by atoms with van der Waals surface area (Å²) in [7, 11) is 0. The van der Waals surface area contributed by atoms with Crippen molar-refractivity contribution in [1.29, 1.82) is 0 Å². The van der Waals surface area contributed by atoms with Crippen LogP contribution in [-0.2, 0) is 0 Å². The smallest absolute Gasteiger partial charge is 0.138 e. The van der Waals surface area contributed by atoms with Gasteiger partial charge in [0.2, 0.25) is 0 Å². The molecule has 21 heavy (non-hydrogen) atoms. The molecule has 0 spiro atoms. The lowest BCUT2D eigenvalue weighted by molar-refractivity contribution is 0.317. The van der Waals surface area contributed by atoms with Crippen LogP contribution >= 0.6 is 11.6 Å². The number of aryl methyl sites for hydroxylation is 2. The van der Waals surface area contributed by atoms with E-state index < -0.39 is 0 Å². The third kappa shape index (κ3) is 3.94. The molecule has 0 amide bonds. The van der Waals surface area contributed by atoms with Crippen LogP contribution < -0.4 is 10.1 Å². The van der Waals surface area contributed by atoms with E-state index in [9.17, 15) is 0 Å². The lowest BCUT2D eigenvalue weighted by Crippen LogP contribution is -2.07. The van der Waals surface area contributed by atoms with Crippen molar-refractivity contribution in [3.63, 3.8) is 0 Å². The van der Waals surface area contributed by atoms with Crippen molar-refractivity contribution >= 4 is 17.3 Å². The highest BCUT2D eigenvalue weighted by molar-refractivity contribution is 6.32. The summed E-state index contributed by atoms with van der Waals surface area (Å²) < 4.78 is 11.2. The first-order valence-corrected chi connectivity index (χ1v) is 7.65. The first kappa shape index (κ1) is 15.8. The molecule has 3 nitrogen and oxygen atoms in total. The fourth-order valence-corrected chi connectivity index (χ4v) is 2.56. The average molecular weight is 308 g/mol. The highest BCUT2D eigenvalue weighted by Crippen LogP contribution is 2.30. The Morgan fingerprint density at radius 3 is 2.62 bits per heavy atom. The number of rotatable bonds is 6. The zero-order chi connectivity index (χ0) is 15.4. The Morgan fingerprint density at radius 2 is 2.05 bits per heavy atom. The summed E-state index contributed by atoms with van der Waals surface area (Å²) in [5, 5.41) is 4.06. The van der Waals surface area contributed by atoms with E-state index in [2.05, 4.69) is 25.2 Å². The van der Waals surface area contributed by atoms with Gasteiger partial charge in [0.05, 0.1) is 17.7 Å². The maximum absolute atomic E-state index is 6.25. The number of ether oxygens (including phenoxy) is 1. The summed E-state index contributed by atoms with van der Waals surface area (Å²) >= 11 is 6.25. The molecule has 0 bridgehead atoms. The van der Waals surface area contributed by atoms with Gasteiger partial charge in [0.15, 0.2) is 0 Å². The number of hydrogen-bond acceptors (Lipinski definition) is 3. The van der Waals surface area contributed by atoms with E-state index in [0.717, 1.165) is 34.9 Å². The Labute approximate surface area is 131 Å². The quantitative estimate of drug-likeness (QED) is 0.764. The third-order valence-electron chi connectivity index (χ3n) is 3.32. The molecular weight excluding hydrogens is 286 g/mol. The monoisotopic (exact) mass is 307 g/mol. The van der Waals surface area contributed by atoms with Crippen LogP contribution in [-0.4, -0.2) is 6.61 Å². The predicted octanol–water partition coefficient (Wildman–Crippen LogP) is 5.51. The number of furan rings is 1. The average Bonchev–Trinajstić information content (AvgIpc) is 2.77. The fraction of sp³-hybridized carbons (Fsp3) is 0.412. The molecule has 0 saturated carbocycles. The molecule has 2 rings (SSSR count). The van der Waals surface area contributed by atoms with E-state index >= 15 is 0 Å². The van der Waals surface area contributed by atoms with Gasteiger partial charge in [-0.2, -0.15) is 0 Å². The van der Waals surface area contributed by atoms with Crippen LogP contribution in [0.1, 0.15) is 43.4 Å². The van der Waals surface area contributed by atoms with Gasteiger partial charge in [-0.05, 0) is 51.5 Å². The number of benzene rings is 1. The van der Waals surface area contributed by atoms with Crippen molar-refractivity contribution in [3.05, 3.63) is 46.4 Å². The summed E-state index contributed by atoms with van der Waals surface area (Å²) in [5.74, 6) is 2.60. The van der Waals surface area contributed by atoms with Gasteiger partial charge in [-0.25, -0.2) is 0 Å². The molecule has 4 heteroatoms. The second-order valence-electron chi connectivity index (χ2n) is 5.23. The van der Waals surface area contributed by atoms with E-state index in [1.54, 1.807) is 0 Å². The third-order valence-corrected chi connectivity index (χ3v) is 3.62. The van der Waals surface area contributed by atoms with Crippen LogP contribution in [0.15, 0.2) is 28.7 Å². The van der Waals surface area contributed by atoms with E-state index in [1.807, 2.05) is 32.0 Å². The molecule has 1 aromatic carbocycles. The number of nitrogens with one attached hydrogen (secondary N) is 1. The largest absolute Gasteiger partial charge is 0.492 e. The molecule has 1 atom stereocenters. The topological polar surface area (TPSA) is 34.4 Å². The van der Waals surface area contributed by atoms with Crippen LogP contribution in [0, 0.1) is 13.8 Å². The van der Waals surface area contributed by atoms with Crippen LogP contribution in [0.2, 0.25) is 5.02 Å². The maximum atomic E-state index is 6.25. The van der Waals surface area contributed by atoms with Gasteiger partial charge in [0.25, 0.3) is 0 Å². The second-order valence-corrected chi connectivity index (χ2v) is 5.64. The minimum Gasteiger partial charge on any atom is -0.492 e. The SMILES string of the molecule is CCCOc1ccc(NC(C)c2cc(C)oc2C)cc1Cl. The standard InChI is InChI=1S/C17H22ClNO2/c1-5-8-20-17-7-6-14(10-16(17)18)19-12(3)15-9-11(2)21-13(15)4/h6-7,9-10,12,19H,5,8H2,1-4H3. The van der Waals surface area contributed by atoms with E-state index in [1.165, 1.54) is 0 Å². The van der Waals surface area contributed by atoms with Crippen molar-refractivity contribution in [2.75, 3.05) is 11.9 Å². The highest BCUT2D eigenvalue weighted by Gasteiger charge is 2.13. The van der Waals surface area contributed by atoms with Crippen molar-refractivity contribution in [2.24, 2.45) is 0 Å². The zero-order valence-electron chi connectivity index (χ0n) is 13.0. The molecule has 0 aliphatic rings. The molecular formula is C17H22ClNO2. The van der Waals surface area contributed by atoms with Gasteiger partial charge >= 0.3 is 0 Å². The van der Waals surface area contributed by atoms with Crippen LogP contribution in [0.3, 0.4) is 0 Å². The Morgan fingerprint density at radius 1 is 1.29 bits per heavy atom. The summed E-state index contributed by atoms with van der Waals surface area (Å²) in [6.07, 6.45) is 0.965. The van der Waals surface area contributed by atoms with Crippen LogP contribution in [0.25, 0.3) is 0 Å². The van der Waals surface area contributed by atoms with Gasteiger partial charge in [-0.1, -0.05) is 18.5 Å². The van der Waals surface area contributed by atoms with E-state index in [4.69, 9.17) is 20.8 Å². The molecule has 0 aliphatic carbocycles. The van der Waals surface area contributed by atoms with Gasteiger partial charge in [0.1, 0.15) is 17.3 Å². The predicted molar refractivity (Wildman–Crippen MR) is 87.5 cm³/mol. The Hall–Kier alpha value is -1.61. The highest BCUT2D eigenvalue weighted by atomic mass is 35.5. The van der Waals surface area contributed by atoms with Gasteiger partial charge in [-0.3, -0.25) is 0 Å². The van der Waals surface area contributed by atoms with Crippen molar-refractivity contribution in [2.45, 2.75) is 40.2 Å². The Balaban J connectivity index is 2.09. The summed E-state index contributed by atoms with van der Waals surface area (Å²) in [6.45, 7) is 8.79. The van der Waals surface area contributed by atoms with Crippen LogP contribution in [0.5, 0.6) is 5.75 Å². The van der Waals surface area contributed by atoms with Crippen molar-refractivity contribution < 1.29 is 9.15 Å². The molecule has 1 heterocycles. The first-order valence-electron chi connectivity index (χ1n) is 7.27. The summed E-state index contributed by atoms with van der Waals surface area (Å²) in [5.41, 5.74) is 2.13. The number of anilines is 1. The maximum Gasteiger partial charge on any atom is 0.138 e. The molecule has 1 aromatic heterocycles. The molecule has 0 saturated heterocycles. The molecule has 1 N–H and O–H groups in total. The minimum absolute atomic E-state index is 0.154. The zero-order valence-corrected chi connectivity index (χ0v) is 13.8. The second kappa shape index (κ2) is 6.90. The van der Waals surface area contributed by atoms with E-state index in [0.29, 0.717) is 11.6 Å². The normalized spacial score (nSPS) is 12.2. The molecule has 1 unspecified atom stereocenters. The fourth-order valence-electron chi connectivity index (χ4n) is 2.33. The summed E-state index contributed by atoms with van der Waals surface area (Å²) in [6, 6.07) is 8.00. The van der Waals surface area contributed by atoms with Crippen LogP contribution in [0.4, 0.5) is 5.69 Å². The van der Waals surface area contributed by atoms with Gasteiger partial charge in [-0.15, -0.1) is 0 Å². The van der Waals surface area contributed by atoms with Crippen molar-refractivity contribution in [3.8, 4) is 5.75 Å².